The minimum Gasteiger partial charge on any atom is -0.493 e. The Morgan fingerprint density at radius 1 is 0.938 bits per heavy atom. The predicted octanol–water partition coefficient (Wildman–Crippen LogP) is 6.74. The maximum absolute atomic E-state index is 13.6. The topological polar surface area (TPSA) is 38.8 Å². The molecule has 0 bridgehead atoms. The van der Waals surface area contributed by atoms with E-state index < -0.39 is 0 Å². The number of benzene rings is 3. The van der Waals surface area contributed by atoms with E-state index in [1.807, 2.05) is 73.7 Å². The van der Waals surface area contributed by atoms with Crippen LogP contribution in [0.15, 0.2) is 72.3 Å². The molecule has 32 heavy (non-hydrogen) atoms. The Hall–Kier alpha value is -2.77. The highest BCUT2D eigenvalue weighted by Gasteiger charge is 2.31. The normalized spacial score (nSPS) is 14.7. The van der Waals surface area contributed by atoms with Crippen LogP contribution in [-0.4, -0.2) is 20.1 Å². The summed E-state index contributed by atoms with van der Waals surface area (Å²) in [5, 5.41) is 0.650. The number of halogens is 2. The van der Waals surface area contributed by atoms with Gasteiger partial charge < -0.3 is 9.47 Å². The molecule has 1 amide bonds. The highest BCUT2D eigenvalue weighted by molar-refractivity contribution is 14.1. The van der Waals surface area contributed by atoms with Crippen LogP contribution in [0.1, 0.15) is 16.7 Å². The van der Waals surface area contributed by atoms with Crippen molar-refractivity contribution in [3.63, 3.8) is 0 Å². The summed E-state index contributed by atoms with van der Waals surface area (Å²) < 4.78 is 11.8. The molecule has 6 heteroatoms. The first-order valence-corrected chi connectivity index (χ1v) is 11.4. The molecule has 3 aromatic rings. The summed E-state index contributed by atoms with van der Waals surface area (Å²) in [5.74, 6) is 1.16. The van der Waals surface area contributed by atoms with Crippen LogP contribution in [-0.2, 0) is 4.79 Å². The van der Waals surface area contributed by atoms with Gasteiger partial charge in [0, 0.05) is 14.2 Å². The van der Waals surface area contributed by atoms with Crippen molar-refractivity contribution in [2.24, 2.45) is 0 Å². The maximum atomic E-state index is 13.6. The molecule has 0 saturated carbocycles. The molecule has 4 rings (SSSR count). The number of anilines is 1. The molecule has 0 saturated heterocycles. The van der Waals surface area contributed by atoms with Gasteiger partial charge in [-0.1, -0.05) is 29.8 Å². The van der Waals surface area contributed by atoms with Crippen LogP contribution in [0.4, 0.5) is 5.69 Å². The summed E-state index contributed by atoms with van der Waals surface area (Å²) in [6, 6.07) is 19.2. The molecule has 0 aliphatic carbocycles. The highest BCUT2D eigenvalue weighted by atomic mass is 127. The van der Waals surface area contributed by atoms with Crippen molar-refractivity contribution in [2.75, 3.05) is 19.1 Å². The van der Waals surface area contributed by atoms with E-state index in [4.69, 9.17) is 21.1 Å². The first-order chi connectivity index (χ1) is 15.4. The first kappa shape index (κ1) is 22.4. The fourth-order valence-electron chi connectivity index (χ4n) is 3.68. The third kappa shape index (κ3) is 4.40. The number of amides is 1. The van der Waals surface area contributed by atoms with Gasteiger partial charge in [0.2, 0.25) is 0 Å². The van der Waals surface area contributed by atoms with Crippen LogP contribution in [0, 0.1) is 10.5 Å². The van der Waals surface area contributed by atoms with Crippen LogP contribution < -0.4 is 14.4 Å². The van der Waals surface area contributed by atoms with Crippen molar-refractivity contribution in [1.29, 1.82) is 0 Å². The molecule has 162 valence electrons. The zero-order chi connectivity index (χ0) is 22.8. The highest BCUT2D eigenvalue weighted by Crippen LogP contribution is 2.38. The molecule has 4 nitrogen and oxygen atoms in total. The summed E-state index contributed by atoms with van der Waals surface area (Å²) in [7, 11) is 3.19. The smallest absolute Gasteiger partial charge is 0.262 e. The van der Waals surface area contributed by atoms with Crippen LogP contribution in [0.25, 0.3) is 11.8 Å². The largest absolute Gasteiger partial charge is 0.493 e. The fourth-order valence-corrected chi connectivity index (χ4v) is 4.45. The number of carbonyl (C=O) groups is 1. The van der Waals surface area contributed by atoms with E-state index >= 15 is 0 Å². The Bertz CT molecular complexity index is 1250. The van der Waals surface area contributed by atoms with Crippen LogP contribution >= 0.6 is 34.2 Å². The SMILES string of the molecule is COc1ccc(/C=C2\C=C(c3ccc(Cl)cc3)N(c3ccc(I)cc3C)C2=O)cc1OC. The molecule has 0 atom stereocenters. The summed E-state index contributed by atoms with van der Waals surface area (Å²) in [4.78, 5) is 15.4. The Kier molecular flexibility index (Phi) is 6.58. The summed E-state index contributed by atoms with van der Waals surface area (Å²) in [6.07, 6.45) is 3.78. The number of hydrogen-bond acceptors (Lipinski definition) is 3. The molecule has 0 N–H and O–H groups in total. The van der Waals surface area contributed by atoms with Crippen molar-refractivity contribution in [2.45, 2.75) is 6.92 Å². The van der Waals surface area contributed by atoms with Gasteiger partial charge in [-0.3, -0.25) is 9.69 Å². The second-order valence-corrected chi connectivity index (χ2v) is 9.00. The molecular formula is C26H21ClINO3. The molecule has 1 aliphatic heterocycles. The van der Waals surface area contributed by atoms with E-state index in [1.54, 1.807) is 19.1 Å². The third-order valence-electron chi connectivity index (χ3n) is 5.25. The molecule has 1 aliphatic rings. The molecular weight excluding hydrogens is 537 g/mol. The summed E-state index contributed by atoms with van der Waals surface area (Å²) in [5.41, 5.74) is 5.03. The van der Waals surface area contributed by atoms with Gasteiger partial charge in [0.05, 0.1) is 25.6 Å². The van der Waals surface area contributed by atoms with Crippen molar-refractivity contribution >= 4 is 57.6 Å². The van der Waals surface area contributed by atoms with E-state index in [1.165, 1.54) is 0 Å². The minimum atomic E-state index is -0.0888. The Balaban J connectivity index is 1.83. The van der Waals surface area contributed by atoms with E-state index in [0.717, 1.165) is 31.6 Å². The van der Waals surface area contributed by atoms with Crippen molar-refractivity contribution in [3.05, 3.63) is 97.6 Å². The lowest BCUT2D eigenvalue weighted by atomic mass is 10.1. The number of ether oxygens (including phenoxy) is 2. The zero-order valence-electron chi connectivity index (χ0n) is 17.9. The number of rotatable bonds is 5. The molecule has 1 heterocycles. The second-order valence-electron chi connectivity index (χ2n) is 7.32. The lowest BCUT2D eigenvalue weighted by molar-refractivity contribution is -0.113. The van der Waals surface area contributed by atoms with E-state index in [0.29, 0.717) is 22.1 Å². The number of nitrogens with zero attached hydrogens (tertiary/aromatic N) is 1. The Morgan fingerprint density at radius 3 is 2.31 bits per heavy atom. The third-order valence-corrected chi connectivity index (χ3v) is 6.18. The minimum absolute atomic E-state index is 0.0888. The lowest BCUT2D eigenvalue weighted by Gasteiger charge is -2.23. The number of aryl methyl sites for hydroxylation is 1. The zero-order valence-corrected chi connectivity index (χ0v) is 20.8. The number of carbonyl (C=O) groups excluding carboxylic acids is 1. The summed E-state index contributed by atoms with van der Waals surface area (Å²) >= 11 is 8.37. The molecule has 0 fully saturated rings. The predicted molar refractivity (Wildman–Crippen MR) is 138 cm³/mol. The fraction of sp³-hybridized carbons (Fsp3) is 0.115. The molecule has 3 aromatic carbocycles. The van der Waals surface area contributed by atoms with Gasteiger partial charge in [-0.15, -0.1) is 0 Å². The molecule has 0 unspecified atom stereocenters. The van der Waals surface area contributed by atoms with Gasteiger partial charge >= 0.3 is 0 Å². The van der Waals surface area contributed by atoms with Gasteiger partial charge in [0.25, 0.3) is 5.91 Å². The average molecular weight is 558 g/mol. The number of hydrogen-bond donors (Lipinski definition) is 0. The maximum Gasteiger partial charge on any atom is 0.262 e. The van der Waals surface area contributed by atoms with Gasteiger partial charge in [0.15, 0.2) is 11.5 Å². The van der Waals surface area contributed by atoms with E-state index in [9.17, 15) is 4.79 Å². The van der Waals surface area contributed by atoms with E-state index in [-0.39, 0.29) is 5.91 Å². The Labute approximate surface area is 206 Å². The molecule has 0 spiro atoms. The van der Waals surface area contributed by atoms with Gasteiger partial charge in [0.1, 0.15) is 0 Å². The van der Waals surface area contributed by atoms with E-state index in [2.05, 4.69) is 28.7 Å². The number of methoxy groups -OCH3 is 2. The standard InChI is InChI=1S/C26H21ClINO3/c1-16-12-21(28)9-10-22(16)29-23(18-5-7-20(27)8-6-18)15-19(26(29)30)13-17-4-11-24(31-2)25(14-17)32-3/h4-15H,1-3H3/b19-13+. The van der Waals surface area contributed by atoms with Crippen molar-refractivity contribution in [3.8, 4) is 11.5 Å². The van der Waals surface area contributed by atoms with Crippen LogP contribution in [0.2, 0.25) is 5.02 Å². The second kappa shape index (κ2) is 9.38. The molecule has 0 radical (unpaired) electrons. The van der Waals surface area contributed by atoms with Crippen LogP contribution in [0.5, 0.6) is 11.5 Å². The van der Waals surface area contributed by atoms with Crippen molar-refractivity contribution < 1.29 is 14.3 Å². The lowest BCUT2D eigenvalue weighted by Crippen LogP contribution is -2.25. The van der Waals surface area contributed by atoms with Crippen molar-refractivity contribution in [1.82, 2.24) is 0 Å². The van der Waals surface area contributed by atoms with Gasteiger partial charge in [-0.25, -0.2) is 0 Å². The Morgan fingerprint density at radius 2 is 1.66 bits per heavy atom. The first-order valence-electron chi connectivity index (χ1n) is 9.93. The quantitative estimate of drug-likeness (QED) is 0.258. The molecule has 0 aromatic heterocycles. The van der Waals surface area contributed by atoms with Gasteiger partial charge in [-0.2, -0.15) is 0 Å². The average Bonchev–Trinajstić information content (AvgIpc) is 3.10. The van der Waals surface area contributed by atoms with Gasteiger partial charge in [-0.05, 0) is 101 Å². The summed E-state index contributed by atoms with van der Waals surface area (Å²) in [6.45, 7) is 2.01. The van der Waals surface area contributed by atoms with Crippen LogP contribution in [0.3, 0.4) is 0 Å². The monoisotopic (exact) mass is 557 g/mol.